The second kappa shape index (κ2) is 7.51. The largest absolute Gasteiger partial charge is 0.376 e. The first-order valence-electron chi connectivity index (χ1n) is 6.49. The molecule has 0 aliphatic rings. The minimum atomic E-state index is -0.923. The summed E-state index contributed by atoms with van der Waals surface area (Å²) < 4.78 is 23.3. The maximum atomic E-state index is 13.0. The van der Waals surface area contributed by atoms with E-state index in [1.807, 2.05) is 0 Å². The van der Waals surface area contributed by atoms with Gasteiger partial charge in [-0.05, 0) is 23.2 Å². The van der Waals surface area contributed by atoms with Crippen LogP contribution in [0.25, 0.3) is 21.9 Å². The van der Waals surface area contributed by atoms with Gasteiger partial charge in [-0.25, -0.2) is 0 Å². The lowest BCUT2D eigenvalue weighted by atomic mass is 10.0. The van der Waals surface area contributed by atoms with Gasteiger partial charge in [-0.15, -0.1) is 0 Å². The van der Waals surface area contributed by atoms with E-state index < -0.39 is 18.8 Å². The van der Waals surface area contributed by atoms with Gasteiger partial charge < -0.3 is 15.0 Å². The Morgan fingerprint density at radius 3 is 2.68 bits per heavy atom. The van der Waals surface area contributed by atoms with Gasteiger partial charge in [-0.3, -0.25) is 4.39 Å². The van der Waals surface area contributed by atoms with Crippen LogP contribution in [0.1, 0.15) is 17.5 Å². The van der Waals surface area contributed by atoms with Crippen molar-refractivity contribution in [2.75, 3.05) is 13.8 Å². The lowest BCUT2D eigenvalue weighted by molar-refractivity contribution is 0.0722. The third-order valence-electron chi connectivity index (χ3n) is 3.10. The van der Waals surface area contributed by atoms with Crippen LogP contribution in [0.15, 0.2) is 33.9 Å². The third-order valence-corrected chi connectivity index (χ3v) is 3.10. The predicted molar refractivity (Wildman–Crippen MR) is 76.3 cm³/mol. The van der Waals surface area contributed by atoms with Crippen molar-refractivity contribution in [2.45, 2.75) is 18.7 Å². The molecule has 2 aromatic rings. The zero-order valence-electron chi connectivity index (χ0n) is 11.9. The fourth-order valence-electron chi connectivity index (χ4n) is 2.02. The van der Waals surface area contributed by atoms with Crippen molar-refractivity contribution in [1.29, 1.82) is 0 Å². The van der Waals surface area contributed by atoms with E-state index in [9.17, 15) is 4.39 Å². The molecule has 0 saturated carbocycles. The van der Waals surface area contributed by atoms with Crippen LogP contribution in [0.4, 0.5) is 4.39 Å². The number of halogens is 1. The van der Waals surface area contributed by atoms with Crippen molar-refractivity contribution in [2.24, 2.45) is 10.8 Å². The smallest absolute Gasteiger partial charge is 0.257 e. The highest BCUT2D eigenvalue weighted by atomic mass is 19.1. The molecule has 0 radical (unpaired) electrons. The monoisotopic (exact) mass is 306 g/mol. The predicted octanol–water partition coefficient (Wildman–Crippen LogP) is 2.53. The number of methoxy groups -OCH3 is 1. The molecule has 116 valence electrons. The number of nitrogens with zero attached hydrogens (tertiary/aromatic N) is 5. The number of alkyl halides is 1. The van der Waals surface area contributed by atoms with E-state index in [2.05, 4.69) is 20.2 Å². The third kappa shape index (κ3) is 3.40. The molecular weight excluding hydrogens is 291 g/mol. The summed E-state index contributed by atoms with van der Waals surface area (Å²) in [5, 5.41) is 7.12. The van der Waals surface area contributed by atoms with Gasteiger partial charge in [0.1, 0.15) is 6.67 Å². The molecule has 0 saturated heterocycles. The number of hydrogen-bond acceptors (Lipinski definition) is 6. The van der Waals surface area contributed by atoms with Crippen molar-refractivity contribution >= 4 is 0 Å². The zero-order chi connectivity index (χ0) is 15.9. The van der Waals surface area contributed by atoms with Crippen LogP contribution in [0.5, 0.6) is 0 Å². The summed E-state index contributed by atoms with van der Waals surface area (Å²) in [6.45, 7) is -0.620. The van der Waals surface area contributed by atoms with E-state index in [-0.39, 0.29) is 6.54 Å². The van der Waals surface area contributed by atoms with Crippen molar-refractivity contribution in [1.82, 2.24) is 10.1 Å². The molecule has 0 spiro atoms. The van der Waals surface area contributed by atoms with Crippen molar-refractivity contribution < 1.29 is 13.7 Å². The summed E-state index contributed by atoms with van der Waals surface area (Å²) >= 11 is 0. The first kappa shape index (κ1) is 15.9. The Labute approximate surface area is 125 Å². The Kier molecular flexibility index (Phi) is 5.42. The minimum absolute atomic E-state index is 0.192. The van der Waals surface area contributed by atoms with Crippen molar-refractivity contribution in [3.63, 3.8) is 0 Å². The molecule has 0 amide bonds. The number of benzene rings is 1. The summed E-state index contributed by atoms with van der Waals surface area (Å²) in [4.78, 5) is 6.75. The Morgan fingerprint density at radius 2 is 2.18 bits per heavy atom. The fraction of sp³-hybridized carbons (Fsp3) is 0.385. The lowest BCUT2D eigenvalue weighted by Crippen LogP contribution is -2.20. The number of rotatable bonds is 7. The number of ether oxygens (including phenoxy) is 1. The molecule has 0 fully saturated rings. The molecule has 0 unspecified atom stereocenters. The van der Waals surface area contributed by atoms with E-state index in [4.69, 9.17) is 20.5 Å². The SMILES string of the molecule is CO[C@H](c1ccc(-c2nc(CN)no2)cc1)[C@@H](CF)N=[N+]=[N-]. The molecule has 8 nitrogen and oxygen atoms in total. The van der Waals surface area contributed by atoms with Gasteiger partial charge in [0.2, 0.25) is 0 Å². The van der Waals surface area contributed by atoms with E-state index in [0.717, 1.165) is 0 Å². The van der Waals surface area contributed by atoms with Gasteiger partial charge >= 0.3 is 0 Å². The van der Waals surface area contributed by atoms with Gasteiger partial charge in [0.15, 0.2) is 5.82 Å². The Bertz CT molecular complexity index is 653. The molecule has 9 heteroatoms. The summed E-state index contributed by atoms with van der Waals surface area (Å²) in [5.41, 5.74) is 15.3. The highest BCUT2D eigenvalue weighted by molar-refractivity contribution is 5.53. The average Bonchev–Trinajstić information content (AvgIpc) is 3.04. The van der Waals surface area contributed by atoms with E-state index in [0.29, 0.717) is 22.8 Å². The Morgan fingerprint density at radius 1 is 1.45 bits per heavy atom. The van der Waals surface area contributed by atoms with Gasteiger partial charge in [0, 0.05) is 17.6 Å². The maximum Gasteiger partial charge on any atom is 0.257 e. The van der Waals surface area contributed by atoms with E-state index >= 15 is 0 Å². The molecule has 1 aromatic heterocycles. The number of azide groups is 1. The average molecular weight is 306 g/mol. The molecule has 2 atom stereocenters. The topological polar surface area (TPSA) is 123 Å². The standard InChI is InChI=1S/C13H15FN6O2/c1-21-12(10(6-14)18-20-16)8-2-4-9(5-3-8)13-17-11(7-15)19-22-13/h2-5,10,12H,6-7,15H2,1H3/t10-,12-/m1/s1. The Hall–Kier alpha value is -2.48. The van der Waals surface area contributed by atoms with Gasteiger partial charge in [-0.2, -0.15) is 4.98 Å². The number of hydrogen-bond donors (Lipinski definition) is 1. The van der Waals surface area contributed by atoms with Crippen LogP contribution >= 0.6 is 0 Å². The molecule has 0 bridgehead atoms. The second-order valence-electron chi connectivity index (χ2n) is 4.42. The number of nitrogens with two attached hydrogens (primary N) is 1. The lowest BCUT2D eigenvalue weighted by Gasteiger charge is -2.20. The first-order valence-corrected chi connectivity index (χ1v) is 6.49. The normalized spacial score (nSPS) is 13.4. The highest BCUT2D eigenvalue weighted by Crippen LogP contribution is 2.26. The molecular formula is C13H15FN6O2. The number of aromatic nitrogens is 2. The van der Waals surface area contributed by atoms with Gasteiger partial charge in [-0.1, -0.05) is 22.4 Å². The van der Waals surface area contributed by atoms with Crippen LogP contribution in [-0.4, -0.2) is 30.0 Å². The van der Waals surface area contributed by atoms with Crippen LogP contribution in [-0.2, 0) is 11.3 Å². The van der Waals surface area contributed by atoms with Crippen LogP contribution in [0.2, 0.25) is 0 Å². The molecule has 1 aromatic carbocycles. The van der Waals surface area contributed by atoms with Crippen molar-refractivity contribution in [3.05, 3.63) is 46.1 Å². The molecule has 22 heavy (non-hydrogen) atoms. The summed E-state index contributed by atoms with van der Waals surface area (Å²) in [5.74, 6) is 0.757. The van der Waals surface area contributed by atoms with Crippen LogP contribution in [0, 0.1) is 0 Å². The van der Waals surface area contributed by atoms with E-state index in [1.165, 1.54) is 7.11 Å². The molecule has 0 aliphatic carbocycles. The molecule has 2 rings (SSSR count). The van der Waals surface area contributed by atoms with E-state index in [1.54, 1.807) is 24.3 Å². The summed E-state index contributed by atoms with van der Waals surface area (Å²) in [6, 6.07) is 6.01. The summed E-state index contributed by atoms with van der Waals surface area (Å²) in [7, 11) is 1.43. The minimum Gasteiger partial charge on any atom is -0.376 e. The van der Waals surface area contributed by atoms with Crippen molar-refractivity contribution in [3.8, 4) is 11.5 Å². The van der Waals surface area contributed by atoms with Crippen LogP contribution in [0.3, 0.4) is 0 Å². The Balaban J connectivity index is 2.24. The second-order valence-corrected chi connectivity index (χ2v) is 4.42. The maximum absolute atomic E-state index is 13.0. The van der Waals surface area contributed by atoms with Gasteiger partial charge in [0.25, 0.3) is 5.89 Å². The van der Waals surface area contributed by atoms with Crippen LogP contribution < -0.4 is 5.73 Å². The fourth-order valence-corrected chi connectivity index (χ4v) is 2.02. The first-order chi connectivity index (χ1) is 10.7. The zero-order valence-corrected chi connectivity index (χ0v) is 11.9. The quantitative estimate of drug-likeness (QED) is 0.478. The highest BCUT2D eigenvalue weighted by Gasteiger charge is 2.22. The molecule has 2 N–H and O–H groups in total. The van der Waals surface area contributed by atoms with Gasteiger partial charge in [0.05, 0.1) is 18.7 Å². The molecule has 0 aliphatic heterocycles. The summed E-state index contributed by atoms with van der Waals surface area (Å²) in [6.07, 6.45) is -0.669. The molecule has 1 heterocycles.